The first kappa shape index (κ1) is 17.9. The fourth-order valence-corrected chi connectivity index (χ4v) is 2.47. The van der Waals surface area contributed by atoms with E-state index in [9.17, 15) is 4.79 Å². The number of rotatable bonds is 7. The number of hydrogen-bond donors (Lipinski definition) is 2. The Labute approximate surface area is 144 Å². The van der Waals surface area contributed by atoms with Gasteiger partial charge in [-0.3, -0.25) is 4.79 Å². The fourth-order valence-electron chi connectivity index (χ4n) is 2.47. The van der Waals surface area contributed by atoms with Crippen LogP contribution in [0.4, 0.5) is 11.4 Å². The van der Waals surface area contributed by atoms with Crippen LogP contribution in [0, 0.1) is 0 Å². The van der Waals surface area contributed by atoms with Crippen LogP contribution in [-0.4, -0.2) is 12.5 Å². The van der Waals surface area contributed by atoms with Crippen LogP contribution >= 0.6 is 0 Å². The van der Waals surface area contributed by atoms with E-state index < -0.39 is 0 Å². The molecule has 0 radical (unpaired) electrons. The summed E-state index contributed by atoms with van der Waals surface area (Å²) < 4.78 is 5.42. The van der Waals surface area contributed by atoms with Crippen molar-refractivity contribution in [2.24, 2.45) is 0 Å². The normalized spacial score (nSPS) is 10.7. The summed E-state index contributed by atoms with van der Waals surface area (Å²) in [6.45, 7) is 6.80. The third kappa shape index (κ3) is 5.01. The molecule has 128 valence electrons. The third-order valence-corrected chi connectivity index (χ3v) is 3.88. The van der Waals surface area contributed by atoms with Crippen molar-refractivity contribution in [3.05, 3.63) is 53.6 Å². The van der Waals surface area contributed by atoms with E-state index in [-0.39, 0.29) is 5.91 Å². The van der Waals surface area contributed by atoms with Gasteiger partial charge in [0, 0.05) is 12.1 Å². The monoisotopic (exact) mass is 326 g/mol. The van der Waals surface area contributed by atoms with Crippen molar-refractivity contribution in [1.29, 1.82) is 0 Å². The van der Waals surface area contributed by atoms with Crippen LogP contribution in [0.5, 0.6) is 5.75 Å². The van der Waals surface area contributed by atoms with Gasteiger partial charge in [0.25, 0.3) is 0 Å². The number of carbonyl (C=O) groups excluding carboxylic acids is 1. The highest BCUT2D eigenvalue weighted by molar-refractivity contribution is 5.90. The highest BCUT2D eigenvalue weighted by Gasteiger charge is 2.06. The summed E-state index contributed by atoms with van der Waals surface area (Å²) >= 11 is 0. The number of anilines is 2. The summed E-state index contributed by atoms with van der Waals surface area (Å²) in [7, 11) is 0. The smallest absolute Gasteiger partial charge is 0.224 e. The molecule has 0 aliphatic rings. The first-order valence-corrected chi connectivity index (χ1v) is 8.40. The number of hydrogen-bond acceptors (Lipinski definition) is 3. The number of nitrogens with two attached hydrogens (primary N) is 1. The molecule has 24 heavy (non-hydrogen) atoms. The largest absolute Gasteiger partial charge is 0.492 e. The van der Waals surface area contributed by atoms with Crippen molar-refractivity contribution in [3.63, 3.8) is 0 Å². The number of aryl methyl sites for hydroxylation is 1. The van der Waals surface area contributed by atoms with Gasteiger partial charge in [-0.15, -0.1) is 0 Å². The summed E-state index contributed by atoms with van der Waals surface area (Å²) in [5.41, 5.74) is 9.68. The minimum absolute atomic E-state index is 0.000229. The molecule has 0 aromatic heterocycles. The van der Waals surface area contributed by atoms with Crippen LogP contribution in [0.25, 0.3) is 0 Å². The quantitative estimate of drug-likeness (QED) is 0.743. The van der Waals surface area contributed by atoms with Crippen molar-refractivity contribution in [2.75, 3.05) is 17.7 Å². The van der Waals surface area contributed by atoms with E-state index >= 15 is 0 Å². The maximum absolute atomic E-state index is 12.1. The number of amides is 1. The van der Waals surface area contributed by atoms with Gasteiger partial charge in [0.05, 0.1) is 12.3 Å². The maximum atomic E-state index is 12.1. The van der Waals surface area contributed by atoms with Gasteiger partial charge in [-0.1, -0.05) is 32.0 Å². The van der Waals surface area contributed by atoms with Crippen molar-refractivity contribution in [2.45, 2.75) is 39.5 Å². The summed E-state index contributed by atoms with van der Waals surface area (Å²) in [4.78, 5) is 12.1. The van der Waals surface area contributed by atoms with Crippen LogP contribution < -0.4 is 15.8 Å². The van der Waals surface area contributed by atoms with Gasteiger partial charge >= 0.3 is 0 Å². The molecule has 2 rings (SSSR count). The molecule has 0 unspecified atom stereocenters. The minimum atomic E-state index is -0.000229. The molecule has 2 aromatic carbocycles. The standard InChI is InChI=1S/C20H26N2O2/c1-4-24-19-11-5-15(13-18(19)21)6-12-20(23)22-17-9-7-16(8-10-17)14(2)3/h5,7-11,13-14H,4,6,12,21H2,1-3H3,(H,22,23). The molecule has 0 saturated heterocycles. The number of nitrogens with one attached hydrogen (secondary N) is 1. The number of carbonyl (C=O) groups is 1. The lowest BCUT2D eigenvalue weighted by Gasteiger charge is -2.10. The number of ether oxygens (including phenoxy) is 1. The minimum Gasteiger partial charge on any atom is -0.492 e. The summed E-state index contributed by atoms with van der Waals surface area (Å²) in [5, 5.41) is 2.93. The van der Waals surface area contributed by atoms with Crippen LogP contribution in [0.3, 0.4) is 0 Å². The van der Waals surface area contributed by atoms with Gasteiger partial charge in [0.2, 0.25) is 5.91 Å². The molecule has 4 heteroatoms. The molecule has 0 spiro atoms. The van der Waals surface area contributed by atoms with Gasteiger partial charge in [0.1, 0.15) is 5.75 Å². The van der Waals surface area contributed by atoms with Gasteiger partial charge in [0.15, 0.2) is 0 Å². The second kappa shape index (κ2) is 8.39. The van der Waals surface area contributed by atoms with Crippen molar-refractivity contribution < 1.29 is 9.53 Å². The molecular formula is C20H26N2O2. The first-order chi connectivity index (χ1) is 11.5. The lowest BCUT2D eigenvalue weighted by molar-refractivity contribution is -0.116. The molecule has 3 N–H and O–H groups in total. The molecule has 0 bridgehead atoms. The molecule has 4 nitrogen and oxygen atoms in total. The lowest BCUT2D eigenvalue weighted by Crippen LogP contribution is -2.12. The fraction of sp³-hybridized carbons (Fsp3) is 0.350. The van der Waals surface area contributed by atoms with E-state index in [0.717, 1.165) is 11.3 Å². The van der Waals surface area contributed by atoms with Crippen LogP contribution in [0.15, 0.2) is 42.5 Å². The third-order valence-electron chi connectivity index (χ3n) is 3.88. The average Bonchev–Trinajstić information content (AvgIpc) is 2.56. The number of nitrogen functional groups attached to an aromatic ring is 1. The van der Waals surface area contributed by atoms with E-state index in [0.29, 0.717) is 36.8 Å². The highest BCUT2D eigenvalue weighted by atomic mass is 16.5. The van der Waals surface area contributed by atoms with Crippen molar-refractivity contribution in [3.8, 4) is 5.75 Å². The summed E-state index contributed by atoms with van der Waals surface area (Å²) in [6.07, 6.45) is 1.06. The summed E-state index contributed by atoms with van der Waals surface area (Å²) in [5.74, 6) is 1.18. The Morgan fingerprint density at radius 2 is 1.88 bits per heavy atom. The van der Waals surface area contributed by atoms with E-state index in [4.69, 9.17) is 10.5 Å². The van der Waals surface area contributed by atoms with Crippen molar-refractivity contribution >= 4 is 17.3 Å². The number of benzene rings is 2. The Kier molecular flexibility index (Phi) is 6.24. The molecule has 0 heterocycles. The van der Waals surface area contributed by atoms with Gasteiger partial charge in [-0.25, -0.2) is 0 Å². The molecule has 0 atom stereocenters. The predicted octanol–water partition coefficient (Wildman–Crippen LogP) is 4.36. The molecule has 2 aromatic rings. The zero-order chi connectivity index (χ0) is 17.5. The molecule has 0 fully saturated rings. The van der Waals surface area contributed by atoms with Gasteiger partial charge in [-0.2, -0.15) is 0 Å². The summed E-state index contributed by atoms with van der Waals surface area (Å²) in [6, 6.07) is 13.7. The molecule has 1 amide bonds. The van der Waals surface area contributed by atoms with E-state index in [1.54, 1.807) is 0 Å². The molecule has 0 aliphatic heterocycles. The Bertz CT molecular complexity index is 679. The molecular weight excluding hydrogens is 300 g/mol. The predicted molar refractivity (Wildman–Crippen MR) is 99.5 cm³/mol. The molecule has 0 aliphatic carbocycles. The Morgan fingerprint density at radius 3 is 2.46 bits per heavy atom. The van der Waals surface area contributed by atoms with Gasteiger partial charge in [-0.05, 0) is 54.7 Å². The Balaban J connectivity index is 1.87. The average molecular weight is 326 g/mol. The second-order valence-electron chi connectivity index (χ2n) is 6.13. The van der Waals surface area contributed by atoms with E-state index in [1.807, 2.05) is 49.4 Å². The highest BCUT2D eigenvalue weighted by Crippen LogP contribution is 2.23. The van der Waals surface area contributed by atoms with Crippen LogP contribution in [0.2, 0.25) is 0 Å². The second-order valence-corrected chi connectivity index (χ2v) is 6.13. The zero-order valence-corrected chi connectivity index (χ0v) is 14.6. The van der Waals surface area contributed by atoms with Crippen LogP contribution in [-0.2, 0) is 11.2 Å². The van der Waals surface area contributed by atoms with Crippen molar-refractivity contribution in [1.82, 2.24) is 0 Å². The Hall–Kier alpha value is -2.49. The topological polar surface area (TPSA) is 64.3 Å². The zero-order valence-electron chi connectivity index (χ0n) is 14.6. The first-order valence-electron chi connectivity index (χ1n) is 8.40. The SMILES string of the molecule is CCOc1ccc(CCC(=O)Nc2ccc(C(C)C)cc2)cc1N. The Morgan fingerprint density at radius 1 is 1.17 bits per heavy atom. The van der Waals surface area contributed by atoms with E-state index in [1.165, 1.54) is 5.56 Å². The lowest BCUT2D eigenvalue weighted by atomic mass is 10.0. The van der Waals surface area contributed by atoms with Crippen LogP contribution in [0.1, 0.15) is 44.2 Å². The molecule has 0 saturated carbocycles. The van der Waals surface area contributed by atoms with Gasteiger partial charge < -0.3 is 15.8 Å². The maximum Gasteiger partial charge on any atom is 0.224 e. The van der Waals surface area contributed by atoms with E-state index in [2.05, 4.69) is 19.2 Å².